The van der Waals surface area contributed by atoms with Crippen LogP contribution in [-0.2, 0) is 10.4 Å². The predicted molar refractivity (Wildman–Crippen MR) is 92.3 cm³/mol. The van der Waals surface area contributed by atoms with Gasteiger partial charge in [-0.15, -0.1) is 0 Å². The van der Waals surface area contributed by atoms with E-state index in [0.29, 0.717) is 11.3 Å². The van der Waals surface area contributed by atoms with Crippen molar-refractivity contribution in [3.8, 4) is 0 Å². The third-order valence-electron chi connectivity index (χ3n) is 3.69. The van der Waals surface area contributed by atoms with Crippen molar-refractivity contribution in [3.63, 3.8) is 0 Å². The van der Waals surface area contributed by atoms with Gasteiger partial charge >= 0.3 is 6.18 Å². The smallest absolute Gasteiger partial charge is 0.398 e. The van der Waals surface area contributed by atoms with Crippen LogP contribution in [0.15, 0.2) is 42.5 Å². The Morgan fingerprint density at radius 3 is 2.20 bits per heavy atom. The minimum atomic E-state index is -4.77. The molecule has 0 amide bonds. The van der Waals surface area contributed by atoms with Crippen molar-refractivity contribution >= 4 is 46.2 Å². The molecule has 0 spiro atoms. The highest BCUT2D eigenvalue weighted by Gasteiger charge is 2.59. The average Bonchev–Trinajstić information content (AvgIpc) is 2.95. The molecule has 1 aliphatic rings. The van der Waals surface area contributed by atoms with Gasteiger partial charge in [0, 0.05) is 21.2 Å². The van der Waals surface area contributed by atoms with E-state index < -0.39 is 11.8 Å². The Morgan fingerprint density at radius 1 is 1.00 bits per heavy atom. The van der Waals surface area contributed by atoms with E-state index in [-0.39, 0.29) is 26.3 Å². The van der Waals surface area contributed by atoms with Gasteiger partial charge in [0.05, 0.1) is 16.4 Å². The molecular formula is C16H10Cl3F3N2O. The molecule has 2 aromatic carbocycles. The molecule has 2 aromatic rings. The fourth-order valence-electron chi connectivity index (χ4n) is 2.45. The van der Waals surface area contributed by atoms with Crippen molar-refractivity contribution in [2.45, 2.75) is 11.8 Å². The summed E-state index contributed by atoms with van der Waals surface area (Å²) in [6.45, 7) is 0. The van der Waals surface area contributed by atoms with Gasteiger partial charge in [0.2, 0.25) is 5.60 Å². The summed E-state index contributed by atoms with van der Waals surface area (Å²) < 4.78 is 41.6. The Kier molecular flexibility index (Phi) is 4.58. The molecule has 1 aliphatic heterocycles. The largest absolute Gasteiger partial charge is 0.428 e. The Balaban J connectivity index is 2.15. The summed E-state index contributed by atoms with van der Waals surface area (Å²) in [6, 6.07) is 8.10. The SMILES string of the molecule is Nc1ccc(C2=CC(c3cc(Cl)cc(Cl)c3)(C(F)(F)F)ON2)cc1Cl. The number of hydroxylamine groups is 1. The van der Waals surface area contributed by atoms with Crippen LogP contribution in [0.2, 0.25) is 15.1 Å². The van der Waals surface area contributed by atoms with E-state index in [2.05, 4.69) is 5.48 Å². The first-order valence-electron chi connectivity index (χ1n) is 6.88. The lowest BCUT2D eigenvalue weighted by atomic mass is 9.91. The maximum Gasteiger partial charge on any atom is 0.428 e. The van der Waals surface area contributed by atoms with E-state index in [4.69, 9.17) is 45.4 Å². The first kappa shape index (κ1) is 18.2. The molecule has 3 rings (SSSR count). The zero-order valence-electron chi connectivity index (χ0n) is 12.3. The van der Waals surface area contributed by atoms with Crippen molar-refractivity contribution in [2.75, 3.05) is 5.73 Å². The van der Waals surface area contributed by atoms with Crippen molar-refractivity contribution in [1.29, 1.82) is 0 Å². The summed E-state index contributed by atoms with van der Waals surface area (Å²) in [4.78, 5) is 4.98. The molecule has 3 nitrogen and oxygen atoms in total. The number of nitrogens with two attached hydrogens (primary N) is 1. The van der Waals surface area contributed by atoms with E-state index in [1.54, 1.807) is 0 Å². The van der Waals surface area contributed by atoms with E-state index in [0.717, 1.165) is 18.2 Å². The number of anilines is 1. The normalized spacial score (nSPS) is 20.3. The molecule has 0 saturated heterocycles. The Hall–Kier alpha value is -1.60. The molecule has 132 valence electrons. The number of benzene rings is 2. The molecule has 0 aliphatic carbocycles. The molecule has 0 saturated carbocycles. The fraction of sp³-hybridized carbons (Fsp3) is 0.125. The van der Waals surface area contributed by atoms with E-state index in [1.807, 2.05) is 0 Å². The van der Waals surface area contributed by atoms with Crippen LogP contribution in [0.1, 0.15) is 11.1 Å². The number of hydrogen-bond donors (Lipinski definition) is 2. The van der Waals surface area contributed by atoms with Crippen molar-refractivity contribution in [3.05, 3.63) is 68.7 Å². The van der Waals surface area contributed by atoms with Gasteiger partial charge < -0.3 is 5.73 Å². The monoisotopic (exact) mass is 408 g/mol. The summed E-state index contributed by atoms with van der Waals surface area (Å²) in [5.74, 6) is 0. The third-order valence-corrected chi connectivity index (χ3v) is 4.46. The molecule has 0 radical (unpaired) electrons. The maximum absolute atomic E-state index is 13.9. The lowest BCUT2D eigenvalue weighted by Crippen LogP contribution is -2.42. The van der Waals surface area contributed by atoms with E-state index >= 15 is 0 Å². The second-order valence-electron chi connectivity index (χ2n) is 5.39. The van der Waals surface area contributed by atoms with Gasteiger partial charge in [-0.1, -0.05) is 40.9 Å². The first-order valence-corrected chi connectivity index (χ1v) is 8.01. The summed E-state index contributed by atoms with van der Waals surface area (Å²) in [6.07, 6.45) is -3.86. The number of alkyl halides is 3. The second-order valence-corrected chi connectivity index (χ2v) is 6.67. The van der Waals surface area contributed by atoms with Crippen LogP contribution in [0.5, 0.6) is 0 Å². The summed E-state index contributed by atoms with van der Waals surface area (Å²) in [5.41, 5.74) is 5.73. The number of nitrogens with one attached hydrogen (secondary N) is 1. The number of nitrogen functional groups attached to an aromatic ring is 1. The molecule has 0 fully saturated rings. The summed E-state index contributed by atoms with van der Waals surface area (Å²) in [5, 5.41) is 0.342. The van der Waals surface area contributed by atoms with Gasteiger partial charge in [0.15, 0.2) is 0 Å². The van der Waals surface area contributed by atoms with E-state index in [1.165, 1.54) is 24.3 Å². The third kappa shape index (κ3) is 3.27. The number of rotatable bonds is 2. The van der Waals surface area contributed by atoms with Gasteiger partial charge in [-0.3, -0.25) is 10.3 Å². The predicted octanol–water partition coefficient (Wildman–Crippen LogP) is 5.56. The van der Waals surface area contributed by atoms with Crippen LogP contribution in [0.25, 0.3) is 5.70 Å². The molecule has 25 heavy (non-hydrogen) atoms. The van der Waals surface area contributed by atoms with Crippen molar-refractivity contribution < 1.29 is 18.0 Å². The topological polar surface area (TPSA) is 47.3 Å². The molecule has 0 aromatic heterocycles. The maximum atomic E-state index is 13.9. The van der Waals surface area contributed by atoms with Crippen LogP contribution in [-0.4, -0.2) is 6.18 Å². The average molecular weight is 410 g/mol. The lowest BCUT2D eigenvalue weighted by Gasteiger charge is -2.28. The molecule has 0 bridgehead atoms. The Bertz CT molecular complexity index is 850. The van der Waals surface area contributed by atoms with Gasteiger partial charge in [-0.25, -0.2) is 0 Å². The molecule has 1 atom stereocenters. The highest BCUT2D eigenvalue weighted by atomic mass is 35.5. The molecule has 1 unspecified atom stereocenters. The molecule has 3 N–H and O–H groups in total. The quantitative estimate of drug-likeness (QED) is 0.638. The highest BCUT2D eigenvalue weighted by molar-refractivity contribution is 6.34. The van der Waals surface area contributed by atoms with Crippen LogP contribution >= 0.6 is 34.8 Å². The zero-order chi connectivity index (χ0) is 18.4. The summed E-state index contributed by atoms with van der Waals surface area (Å²) in [7, 11) is 0. The molecular weight excluding hydrogens is 400 g/mol. The standard InChI is InChI=1S/C16H10Cl3F3N2O/c17-10-4-9(5-11(18)6-10)15(16(20,21)22)7-14(24-25-15)8-1-2-13(23)12(19)3-8/h1-7,24H,23H2. The lowest BCUT2D eigenvalue weighted by molar-refractivity contribution is -0.269. The number of halogens is 6. The Morgan fingerprint density at radius 2 is 1.64 bits per heavy atom. The second kappa shape index (κ2) is 6.29. The highest BCUT2D eigenvalue weighted by Crippen LogP contribution is 2.48. The van der Waals surface area contributed by atoms with Crippen molar-refractivity contribution in [2.24, 2.45) is 0 Å². The van der Waals surface area contributed by atoms with Crippen LogP contribution in [0.3, 0.4) is 0 Å². The van der Waals surface area contributed by atoms with Gasteiger partial charge in [0.1, 0.15) is 0 Å². The minimum Gasteiger partial charge on any atom is -0.398 e. The first-order chi connectivity index (χ1) is 11.6. The van der Waals surface area contributed by atoms with Crippen LogP contribution in [0.4, 0.5) is 18.9 Å². The minimum absolute atomic E-state index is 0.0621. The van der Waals surface area contributed by atoms with Crippen LogP contribution in [0, 0.1) is 0 Å². The summed E-state index contributed by atoms with van der Waals surface area (Å²) >= 11 is 17.6. The van der Waals surface area contributed by atoms with Crippen LogP contribution < -0.4 is 11.2 Å². The van der Waals surface area contributed by atoms with Gasteiger partial charge in [-0.05, 0) is 36.4 Å². The fourth-order valence-corrected chi connectivity index (χ4v) is 3.16. The zero-order valence-corrected chi connectivity index (χ0v) is 14.6. The molecule has 9 heteroatoms. The Labute approximate surface area is 156 Å². The molecule has 1 heterocycles. The van der Waals surface area contributed by atoms with Crippen molar-refractivity contribution in [1.82, 2.24) is 5.48 Å². The number of hydrogen-bond acceptors (Lipinski definition) is 3. The van der Waals surface area contributed by atoms with Gasteiger partial charge in [-0.2, -0.15) is 13.2 Å². The van der Waals surface area contributed by atoms with E-state index in [9.17, 15) is 13.2 Å². The van der Waals surface area contributed by atoms with Gasteiger partial charge in [0.25, 0.3) is 0 Å².